The van der Waals surface area contributed by atoms with E-state index in [1.165, 1.54) is 23.0 Å². The van der Waals surface area contributed by atoms with Crippen molar-refractivity contribution in [1.29, 1.82) is 0 Å². The second kappa shape index (κ2) is 6.09. The number of nitrogens with one attached hydrogen (secondary N) is 1. The van der Waals surface area contributed by atoms with Gasteiger partial charge in [-0.15, -0.1) is 11.3 Å². The fourth-order valence-electron chi connectivity index (χ4n) is 2.03. The van der Waals surface area contributed by atoms with Gasteiger partial charge in [0.15, 0.2) is 11.3 Å². The number of esters is 1. The van der Waals surface area contributed by atoms with Crippen LogP contribution in [0.1, 0.15) is 25.7 Å². The van der Waals surface area contributed by atoms with Crippen LogP contribution in [0.3, 0.4) is 0 Å². The Morgan fingerprint density at radius 3 is 2.91 bits per heavy atom. The minimum atomic E-state index is -0.500. The monoisotopic (exact) mass is 394 g/mol. The van der Waals surface area contributed by atoms with Gasteiger partial charge < -0.3 is 10.1 Å². The highest BCUT2D eigenvalue weighted by Crippen LogP contribution is 2.29. The number of carbonyl (C=O) groups excluding carboxylic acids is 2. The third kappa shape index (κ3) is 2.84. The highest BCUT2D eigenvalue weighted by molar-refractivity contribution is 9.10. The smallest absolute Gasteiger partial charge is 0.340 e. The van der Waals surface area contributed by atoms with E-state index >= 15 is 0 Å². The minimum absolute atomic E-state index is 0.186. The van der Waals surface area contributed by atoms with Gasteiger partial charge in [-0.25, -0.2) is 14.3 Å². The fraction of sp³-hybridized carbons (Fsp3) is 0.143. The number of hydrogen-bond acceptors (Lipinski definition) is 6. The topological polar surface area (TPSA) is 85.6 Å². The van der Waals surface area contributed by atoms with Gasteiger partial charge in [-0.1, -0.05) is 0 Å². The Kier molecular flexibility index (Phi) is 4.14. The van der Waals surface area contributed by atoms with Crippen LogP contribution in [-0.4, -0.2) is 33.6 Å². The quantitative estimate of drug-likeness (QED) is 0.690. The minimum Gasteiger partial charge on any atom is -0.465 e. The first kappa shape index (κ1) is 15.6. The van der Waals surface area contributed by atoms with Crippen LogP contribution in [0.25, 0.3) is 5.65 Å². The number of rotatable bonds is 3. The van der Waals surface area contributed by atoms with Crippen molar-refractivity contribution in [2.45, 2.75) is 6.92 Å². The van der Waals surface area contributed by atoms with Gasteiger partial charge in [-0.2, -0.15) is 5.10 Å². The third-order valence-corrected chi connectivity index (χ3v) is 4.74. The van der Waals surface area contributed by atoms with Gasteiger partial charge in [0, 0.05) is 17.3 Å². The zero-order valence-electron chi connectivity index (χ0n) is 12.2. The highest BCUT2D eigenvalue weighted by atomic mass is 79.9. The van der Waals surface area contributed by atoms with E-state index in [1.807, 2.05) is 6.92 Å². The van der Waals surface area contributed by atoms with Gasteiger partial charge in [0.25, 0.3) is 5.91 Å². The zero-order valence-corrected chi connectivity index (χ0v) is 14.6. The Bertz CT molecular complexity index is 918. The Balaban J connectivity index is 1.95. The molecular formula is C14H11BrN4O3S. The Morgan fingerprint density at radius 1 is 1.43 bits per heavy atom. The summed E-state index contributed by atoms with van der Waals surface area (Å²) in [5.74, 6) is -0.935. The number of amides is 1. The molecule has 0 saturated heterocycles. The third-order valence-electron chi connectivity index (χ3n) is 3.04. The molecule has 0 unspecified atom stereocenters. The lowest BCUT2D eigenvalue weighted by atomic mass is 10.3. The lowest BCUT2D eigenvalue weighted by Crippen LogP contribution is -2.14. The average Bonchev–Trinajstić information content (AvgIpc) is 3.07. The van der Waals surface area contributed by atoms with Crippen LogP contribution in [0.5, 0.6) is 0 Å². The summed E-state index contributed by atoms with van der Waals surface area (Å²) in [6.07, 6.45) is 3.31. The predicted octanol–water partition coefficient (Wildman–Crippen LogP) is 2.90. The zero-order chi connectivity index (χ0) is 16.6. The normalized spacial score (nSPS) is 10.7. The molecule has 0 atom stereocenters. The van der Waals surface area contributed by atoms with Gasteiger partial charge in [0.2, 0.25) is 0 Å². The van der Waals surface area contributed by atoms with Crippen LogP contribution in [0.4, 0.5) is 5.00 Å². The summed E-state index contributed by atoms with van der Waals surface area (Å²) in [5.41, 5.74) is 1.04. The molecule has 23 heavy (non-hydrogen) atoms. The maximum absolute atomic E-state index is 12.5. The van der Waals surface area contributed by atoms with Crippen molar-refractivity contribution in [3.8, 4) is 0 Å². The summed E-state index contributed by atoms with van der Waals surface area (Å²) < 4.78 is 6.72. The molecule has 0 aliphatic rings. The molecule has 0 radical (unpaired) electrons. The number of carbonyl (C=O) groups is 2. The van der Waals surface area contributed by atoms with E-state index in [4.69, 9.17) is 4.74 Å². The molecule has 0 bridgehead atoms. The lowest BCUT2D eigenvalue weighted by molar-refractivity contribution is 0.0602. The van der Waals surface area contributed by atoms with Crippen LogP contribution in [0.2, 0.25) is 0 Å². The SMILES string of the molecule is COC(=O)c1cc(C)sc1NC(=O)c1nn2cccnc2c1Br. The molecule has 1 amide bonds. The Hall–Kier alpha value is -2.26. The van der Waals surface area contributed by atoms with Crippen LogP contribution in [0.15, 0.2) is 29.0 Å². The van der Waals surface area contributed by atoms with Crippen molar-refractivity contribution in [3.05, 3.63) is 45.1 Å². The van der Waals surface area contributed by atoms with E-state index in [9.17, 15) is 9.59 Å². The molecular weight excluding hydrogens is 384 g/mol. The second-order valence-electron chi connectivity index (χ2n) is 4.60. The first-order chi connectivity index (χ1) is 11.0. The maximum Gasteiger partial charge on any atom is 0.340 e. The van der Waals surface area contributed by atoms with E-state index in [0.717, 1.165) is 4.88 Å². The van der Waals surface area contributed by atoms with Gasteiger partial charge in [0.1, 0.15) is 5.00 Å². The van der Waals surface area contributed by atoms with Crippen LogP contribution in [-0.2, 0) is 4.74 Å². The number of thiophene rings is 1. The van der Waals surface area contributed by atoms with Gasteiger partial charge in [-0.05, 0) is 35.0 Å². The Labute approximate surface area is 143 Å². The number of methoxy groups -OCH3 is 1. The molecule has 0 aliphatic carbocycles. The van der Waals surface area contributed by atoms with Gasteiger partial charge >= 0.3 is 5.97 Å². The Morgan fingerprint density at radius 2 is 2.22 bits per heavy atom. The first-order valence-corrected chi connectivity index (χ1v) is 8.11. The van der Waals surface area contributed by atoms with Gasteiger partial charge in [-0.3, -0.25) is 4.79 Å². The number of fused-ring (bicyclic) bond motifs is 1. The molecule has 118 valence electrons. The van der Waals surface area contributed by atoms with E-state index in [0.29, 0.717) is 20.7 Å². The molecule has 0 fully saturated rings. The van der Waals surface area contributed by atoms with Crippen molar-refractivity contribution in [2.75, 3.05) is 12.4 Å². The highest BCUT2D eigenvalue weighted by Gasteiger charge is 2.22. The number of ether oxygens (including phenoxy) is 1. The van der Waals surface area contributed by atoms with Crippen molar-refractivity contribution < 1.29 is 14.3 Å². The maximum atomic E-state index is 12.5. The summed E-state index contributed by atoms with van der Waals surface area (Å²) in [5, 5.41) is 7.33. The van der Waals surface area contributed by atoms with Crippen molar-refractivity contribution in [1.82, 2.24) is 14.6 Å². The molecule has 3 rings (SSSR count). The lowest BCUT2D eigenvalue weighted by Gasteiger charge is -2.03. The molecule has 3 heterocycles. The average molecular weight is 395 g/mol. The summed E-state index contributed by atoms with van der Waals surface area (Å²) in [6.45, 7) is 1.84. The number of anilines is 1. The first-order valence-electron chi connectivity index (χ1n) is 6.50. The largest absolute Gasteiger partial charge is 0.465 e. The van der Waals surface area contributed by atoms with Crippen molar-refractivity contribution in [2.24, 2.45) is 0 Å². The molecule has 3 aromatic rings. The summed E-state index contributed by atoms with van der Waals surface area (Å²) in [7, 11) is 1.30. The number of halogens is 1. The van der Waals surface area contributed by atoms with E-state index in [-0.39, 0.29) is 5.69 Å². The summed E-state index contributed by atoms with van der Waals surface area (Å²) >= 11 is 4.63. The number of aromatic nitrogens is 3. The van der Waals surface area contributed by atoms with Crippen molar-refractivity contribution >= 4 is 49.8 Å². The number of nitrogens with zero attached hydrogens (tertiary/aromatic N) is 3. The molecule has 0 aromatic carbocycles. The fourth-order valence-corrected chi connectivity index (χ4v) is 3.47. The predicted molar refractivity (Wildman–Crippen MR) is 89.0 cm³/mol. The van der Waals surface area contributed by atoms with E-state index in [1.54, 1.807) is 24.5 Å². The van der Waals surface area contributed by atoms with E-state index < -0.39 is 11.9 Å². The molecule has 1 N–H and O–H groups in total. The molecule has 0 aliphatic heterocycles. The number of aryl methyl sites for hydroxylation is 1. The summed E-state index contributed by atoms with van der Waals surface area (Å²) in [6, 6.07) is 3.39. The molecule has 7 nitrogen and oxygen atoms in total. The molecule has 0 saturated carbocycles. The van der Waals surface area contributed by atoms with Gasteiger partial charge in [0.05, 0.1) is 17.1 Å². The van der Waals surface area contributed by atoms with Crippen LogP contribution in [0, 0.1) is 6.92 Å². The van der Waals surface area contributed by atoms with E-state index in [2.05, 4.69) is 31.3 Å². The standard InChI is InChI=1S/C14H11BrN4O3S/c1-7-6-8(14(21)22-2)13(23-7)17-12(20)10-9(15)11-16-4-3-5-19(11)18-10/h3-6H,1-2H3,(H,17,20). The molecule has 9 heteroatoms. The van der Waals surface area contributed by atoms with Crippen LogP contribution < -0.4 is 5.32 Å². The second-order valence-corrected chi connectivity index (χ2v) is 6.65. The van der Waals surface area contributed by atoms with Crippen LogP contribution >= 0.6 is 27.3 Å². The number of hydrogen-bond donors (Lipinski definition) is 1. The van der Waals surface area contributed by atoms with Crippen molar-refractivity contribution in [3.63, 3.8) is 0 Å². The molecule has 3 aromatic heterocycles. The molecule has 0 spiro atoms. The summed E-state index contributed by atoms with van der Waals surface area (Å²) in [4.78, 5) is 29.3.